The molecule has 3 nitrogen and oxygen atoms in total. The lowest BCUT2D eigenvalue weighted by Gasteiger charge is -2.09. The van der Waals surface area contributed by atoms with Crippen LogP contribution in [0.1, 0.15) is 13.3 Å². The highest BCUT2D eigenvalue weighted by Crippen LogP contribution is 2.31. The van der Waals surface area contributed by atoms with Gasteiger partial charge in [-0.15, -0.1) is 0 Å². The van der Waals surface area contributed by atoms with Gasteiger partial charge in [0.15, 0.2) is 17.5 Å². The molecule has 0 aliphatic carbocycles. The number of rotatable bonds is 3. The van der Waals surface area contributed by atoms with Gasteiger partial charge in [-0.2, -0.15) is 0 Å². The van der Waals surface area contributed by atoms with Crippen LogP contribution in [0.5, 0.6) is 0 Å². The summed E-state index contributed by atoms with van der Waals surface area (Å²) < 4.78 is 42.5. The summed E-state index contributed by atoms with van der Waals surface area (Å²) in [5.41, 5.74) is 7.54. The van der Waals surface area contributed by atoms with Gasteiger partial charge < -0.3 is 10.3 Å². The first-order valence-corrected chi connectivity index (χ1v) is 6.93. The maximum atomic E-state index is 14.1. The third-order valence-electron chi connectivity index (χ3n) is 3.53. The number of imidazole rings is 1. The number of nitrogens with two attached hydrogens (primary N) is 1. The summed E-state index contributed by atoms with van der Waals surface area (Å²) in [7, 11) is 0. The van der Waals surface area contributed by atoms with Crippen molar-refractivity contribution in [1.29, 1.82) is 0 Å². The van der Waals surface area contributed by atoms with E-state index in [2.05, 4.69) is 4.98 Å². The molecule has 0 saturated carbocycles. The van der Waals surface area contributed by atoms with E-state index in [1.54, 1.807) is 16.7 Å². The molecule has 0 atom stereocenters. The molecule has 6 heteroatoms. The van der Waals surface area contributed by atoms with Gasteiger partial charge in [0.05, 0.1) is 16.8 Å². The second-order valence-electron chi connectivity index (χ2n) is 5.02. The topological polar surface area (TPSA) is 43.8 Å². The first-order valence-electron chi connectivity index (χ1n) is 6.93. The van der Waals surface area contributed by atoms with Crippen molar-refractivity contribution in [2.45, 2.75) is 19.9 Å². The molecule has 1 heterocycles. The number of nitrogen functional groups attached to an aromatic ring is 1. The quantitative estimate of drug-likeness (QED) is 0.584. The fourth-order valence-electron chi connectivity index (χ4n) is 2.52. The fourth-order valence-corrected chi connectivity index (χ4v) is 2.52. The van der Waals surface area contributed by atoms with Crippen molar-refractivity contribution in [3.63, 3.8) is 0 Å². The van der Waals surface area contributed by atoms with Crippen LogP contribution in [-0.4, -0.2) is 9.55 Å². The summed E-state index contributed by atoms with van der Waals surface area (Å²) in [6, 6.07) is 7.37. The zero-order chi connectivity index (χ0) is 15.9. The molecule has 3 rings (SSSR count). The summed E-state index contributed by atoms with van der Waals surface area (Å²) in [4.78, 5) is 4.34. The average molecular weight is 305 g/mol. The molecule has 0 radical (unpaired) electrons. The fraction of sp³-hybridized carbons (Fsp3) is 0.188. The molecule has 114 valence electrons. The van der Waals surface area contributed by atoms with Crippen LogP contribution in [0.25, 0.3) is 22.4 Å². The number of aryl methyl sites for hydroxylation is 1. The standard InChI is InChI=1S/C16H14F3N3/c1-2-8-22-12-5-3-4-11(20)15(12)21-16(22)9-6-7-10(17)14(19)13(9)18/h3-7H,2,8,20H2,1H3. The SMILES string of the molecule is CCCn1c(-c2ccc(F)c(F)c2F)nc2c(N)cccc21. The van der Waals surface area contributed by atoms with Gasteiger partial charge in [-0.05, 0) is 30.7 Å². The molecule has 0 aliphatic rings. The minimum Gasteiger partial charge on any atom is -0.397 e. The molecule has 22 heavy (non-hydrogen) atoms. The Balaban J connectivity index is 2.33. The molecule has 0 bridgehead atoms. The van der Waals surface area contributed by atoms with Crippen molar-refractivity contribution in [2.24, 2.45) is 0 Å². The summed E-state index contributed by atoms with van der Waals surface area (Å²) in [6.45, 7) is 2.53. The predicted octanol–water partition coefficient (Wildman–Crippen LogP) is 4.11. The number of halogens is 3. The molecule has 3 aromatic rings. The van der Waals surface area contributed by atoms with Gasteiger partial charge in [-0.3, -0.25) is 0 Å². The molecule has 0 aliphatic heterocycles. The first kappa shape index (κ1) is 14.4. The van der Waals surface area contributed by atoms with Crippen LogP contribution in [0.15, 0.2) is 30.3 Å². The summed E-state index contributed by atoms with van der Waals surface area (Å²) >= 11 is 0. The van der Waals surface area contributed by atoms with Crippen LogP contribution >= 0.6 is 0 Å². The van der Waals surface area contributed by atoms with Crippen molar-refractivity contribution >= 4 is 16.7 Å². The van der Waals surface area contributed by atoms with Gasteiger partial charge >= 0.3 is 0 Å². The number of benzene rings is 2. The third kappa shape index (κ3) is 2.11. The maximum Gasteiger partial charge on any atom is 0.195 e. The Morgan fingerprint density at radius 1 is 1.09 bits per heavy atom. The van der Waals surface area contributed by atoms with Gasteiger partial charge in [0.1, 0.15) is 11.3 Å². The van der Waals surface area contributed by atoms with E-state index < -0.39 is 17.5 Å². The summed E-state index contributed by atoms with van der Waals surface area (Å²) in [5, 5.41) is 0. The lowest BCUT2D eigenvalue weighted by atomic mass is 10.2. The molecular formula is C16H14F3N3. The number of fused-ring (bicyclic) bond motifs is 1. The molecular weight excluding hydrogens is 291 g/mol. The summed E-state index contributed by atoms with van der Waals surface area (Å²) in [6.07, 6.45) is 0.776. The van der Waals surface area contributed by atoms with Crippen LogP contribution in [0, 0.1) is 17.5 Å². The van der Waals surface area contributed by atoms with Crippen molar-refractivity contribution in [3.8, 4) is 11.4 Å². The maximum absolute atomic E-state index is 14.1. The molecule has 0 fully saturated rings. The zero-order valence-corrected chi connectivity index (χ0v) is 11.9. The Bertz CT molecular complexity index is 855. The van der Waals surface area contributed by atoms with Gasteiger partial charge in [0.25, 0.3) is 0 Å². The van der Waals surface area contributed by atoms with Gasteiger partial charge in [-0.25, -0.2) is 18.2 Å². The van der Waals surface area contributed by atoms with Gasteiger partial charge in [0.2, 0.25) is 0 Å². The Kier molecular flexibility index (Phi) is 3.52. The minimum atomic E-state index is -1.50. The Morgan fingerprint density at radius 3 is 2.59 bits per heavy atom. The smallest absolute Gasteiger partial charge is 0.195 e. The number of nitrogens with zero attached hydrogens (tertiary/aromatic N) is 2. The zero-order valence-electron chi connectivity index (χ0n) is 11.9. The third-order valence-corrected chi connectivity index (χ3v) is 3.53. The van der Waals surface area contributed by atoms with E-state index in [0.29, 0.717) is 17.7 Å². The number of para-hydroxylation sites is 1. The monoisotopic (exact) mass is 305 g/mol. The molecule has 0 saturated heterocycles. The number of anilines is 1. The van der Waals surface area contributed by atoms with E-state index >= 15 is 0 Å². The molecule has 1 aromatic heterocycles. The Hall–Kier alpha value is -2.50. The minimum absolute atomic E-state index is 0.0806. The Labute approximate surface area is 125 Å². The predicted molar refractivity (Wildman–Crippen MR) is 79.7 cm³/mol. The van der Waals surface area contributed by atoms with Crippen LogP contribution < -0.4 is 5.73 Å². The second-order valence-corrected chi connectivity index (χ2v) is 5.02. The Morgan fingerprint density at radius 2 is 1.86 bits per heavy atom. The molecule has 0 amide bonds. The van der Waals surface area contributed by atoms with Gasteiger partial charge in [0, 0.05) is 6.54 Å². The number of hydrogen-bond donors (Lipinski definition) is 1. The lowest BCUT2D eigenvalue weighted by Crippen LogP contribution is -2.03. The molecule has 0 spiro atoms. The number of aromatic nitrogens is 2. The molecule has 2 aromatic carbocycles. The molecule has 0 unspecified atom stereocenters. The van der Waals surface area contributed by atoms with Crippen molar-refractivity contribution in [3.05, 3.63) is 47.8 Å². The van der Waals surface area contributed by atoms with E-state index in [1.807, 2.05) is 13.0 Å². The lowest BCUT2D eigenvalue weighted by molar-refractivity contribution is 0.448. The second kappa shape index (κ2) is 5.36. The van der Waals surface area contributed by atoms with E-state index in [0.717, 1.165) is 18.0 Å². The van der Waals surface area contributed by atoms with Gasteiger partial charge in [-0.1, -0.05) is 13.0 Å². The van der Waals surface area contributed by atoms with E-state index in [4.69, 9.17) is 5.73 Å². The van der Waals surface area contributed by atoms with Crippen molar-refractivity contribution in [2.75, 3.05) is 5.73 Å². The van der Waals surface area contributed by atoms with E-state index in [1.165, 1.54) is 6.07 Å². The highest BCUT2D eigenvalue weighted by Gasteiger charge is 2.20. The first-order chi connectivity index (χ1) is 10.5. The normalized spacial score (nSPS) is 11.3. The van der Waals surface area contributed by atoms with Crippen LogP contribution in [-0.2, 0) is 6.54 Å². The highest BCUT2D eigenvalue weighted by atomic mass is 19.2. The van der Waals surface area contributed by atoms with Crippen molar-refractivity contribution in [1.82, 2.24) is 9.55 Å². The van der Waals surface area contributed by atoms with Crippen LogP contribution in [0.2, 0.25) is 0 Å². The van der Waals surface area contributed by atoms with E-state index in [9.17, 15) is 13.2 Å². The van der Waals surface area contributed by atoms with Crippen LogP contribution in [0.4, 0.5) is 18.9 Å². The van der Waals surface area contributed by atoms with Crippen molar-refractivity contribution < 1.29 is 13.2 Å². The highest BCUT2D eigenvalue weighted by molar-refractivity contribution is 5.90. The van der Waals surface area contributed by atoms with Crippen LogP contribution in [0.3, 0.4) is 0 Å². The average Bonchev–Trinajstić information content (AvgIpc) is 2.86. The number of hydrogen-bond acceptors (Lipinski definition) is 2. The molecule has 2 N–H and O–H groups in total. The van der Waals surface area contributed by atoms with E-state index in [-0.39, 0.29) is 11.4 Å². The largest absolute Gasteiger partial charge is 0.397 e. The summed E-state index contributed by atoms with van der Waals surface area (Å²) in [5.74, 6) is -3.73.